The van der Waals surface area contributed by atoms with E-state index in [4.69, 9.17) is 0 Å². The molecule has 4 heteroatoms. The predicted octanol–water partition coefficient (Wildman–Crippen LogP) is 0.870. The molecule has 0 saturated heterocycles. The quantitative estimate of drug-likeness (QED) is 0.662. The zero-order chi connectivity index (χ0) is 11.0. The third-order valence-corrected chi connectivity index (χ3v) is 2.57. The number of nitrogens with zero attached hydrogens (tertiary/aromatic N) is 1. The molecule has 4 nitrogen and oxygen atoms in total. The van der Waals surface area contributed by atoms with Crippen molar-refractivity contribution in [3.8, 4) is 0 Å². The number of amides is 1. The van der Waals surface area contributed by atoms with Gasteiger partial charge in [-0.15, -0.1) is 0 Å². The van der Waals surface area contributed by atoms with E-state index in [-0.39, 0.29) is 12.5 Å². The van der Waals surface area contributed by atoms with Gasteiger partial charge in [0.05, 0.1) is 6.54 Å². The zero-order valence-corrected chi connectivity index (χ0v) is 8.82. The van der Waals surface area contributed by atoms with Crippen molar-refractivity contribution in [1.29, 1.82) is 0 Å². The molecule has 1 aromatic carbocycles. The normalized spacial score (nSPS) is 21.8. The fourth-order valence-corrected chi connectivity index (χ4v) is 1.75. The average molecular weight is 206 g/mol. The molecule has 15 heavy (non-hydrogen) atoms. The minimum atomic E-state index is -0.723. The maximum atomic E-state index is 11.4. The summed E-state index contributed by atoms with van der Waals surface area (Å²) in [4.78, 5) is 13.0. The molecule has 1 aliphatic heterocycles. The lowest BCUT2D eigenvalue weighted by molar-refractivity contribution is -0.119. The first-order valence-electron chi connectivity index (χ1n) is 4.86. The van der Waals surface area contributed by atoms with Gasteiger partial charge in [-0.05, 0) is 20.0 Å². The molecule has 0 saturated carbocycles. The molecule has 1 amide bonds. The minimum Gasteiger partial charge on any atom is -0.374 e. The van der Waals surface area contributed by atoms with E-state index < -0.39 is 6.23 Å². The summed E-state index contributed by atoms with van der Waals surface area (Å²) >= 11 is 0. The highest BCUT2D eigenvalue weighted by Gasteiger charge is 2.24. The van der Waals surface area contributed by atoms with E-state index in [2.05, 4.69) is 5.32 Å². The number of aliphatic hydroxyl groups excluding tert-OH is 1. The van der Waals surface area contributed by atoms with Crippen LogP contribution in [0.4, 0.5) is 5.69 Å². The van der Waals surface area contributed by atoms with Crippen molar-refractivity contribution in [1.82, 2.24) is 4.90 Å². The van der Waals surface area contributed by atoms with Crippen LogP contribution >= 0.6 is 0 Å². The first-order valence-corrected chi connectivity index (χ1v) is 4.86. The zero-order valence-electron chi connectivity index (χ0n) is 8.82. The first kappa shape index (κ1) is 10.1. The fourth-order valence-electron chi connectivity index (χ4n) is 1.75. The monoisotopic (exact) mass is 206 g/mol. The number of likely N-dealkylation sites (N-methyl/N-ethyl adjacent to an activating group) is 1. The SMILES string of the molecule is Cc1ccc2c(c1)C(O)N(C)CC(=O)N2. The van der Waals surface area contributed by atoms with Gasteiger partial charge in [-0.25, -0.2) is 0 Å². The van der Waals surface area contributed by atoms with Gasteiger partial charge < -0.3 is 10.4 Å². The highest BCUT2D eigenvalue weighted by atomic mass is 16.3. The average Bonchev–Trinajstić information content (AvgIpc) is 2.27. The molecule has 0 radical (unpaired) electrons. The van der Waals surface area contributed by atoms with Crippen LogP contribution in [0.5, 0.6) is 0 Å². The maximum Gasteiger partial charge on any atom is 0.238 e. The van der Waals surface area contributed by atoms with E-state index >= 15 is 0 Å². The van der Waals surface area contributed by atoms with Gasteiger partial charge in [0.15, 0.2) is 0 Å². The van der Waals surface area contributed by atoms with Gasteiger partial charge in [0.2, 0.25) is 5.91 Å². The number of nitrogens with one attached hydrogen (secondary N) is 1. The Morgan fingerprint density at radius 2 is 2.27 bits per heavy atom. The van der Waals surface area contributed by atoms with Gasteiger partial charge in [0.25, 0.3) is 0 Å². The Labute approximate surface area is 88.5 Å². The smallest absolute Gasteiger partial charge is 0.238 e. The highest BCUT2D eigenvalue weighted by molar-refractivity contribution is 5.93. The van der Waals surface area contributed by atoms with Gasteiger partial charge in [0.1, 0.15) is 6.23 Å². The van der Waals surface area contributed by atoms with E-state index in [9.17, 15) is 9.90 Å². The second-order valence-corrected chi connectivity index (χ2v) is 3.93. The van der Waals surface area contributed by atoms with Crippen molar-refractivity contribution in [3.05, 3.63) is 29.3 Å². The Bertz CT molecular complexity index is 404. The molecule has 0 aliphatic carbocycles. The molecule has 2 N–H and O–H groups in total. The molecule has 1 unspecified atom stereocenters. The molecular weight excluding hydrogens is 192 g/mol. The Morgan fingerprint density at radius 1 is 1.53 bits per heavy atom. The molecule has 1 aliphatic rings. The largest absolute Gasteiger partial charge is 0.374 e. The van der Waals surface area contributed by atoms with Crippen molar-refractivity contribution in [2.75, 3.05) is 18.9 Å². The number of rotatable bonds is 0. The molecule has 1 heterocycles. The number of carbonyl (C=O) groups excluding carboxylic acids is 1. The lowest BCUT2D eigenvalue weighted by Gasteiger charge is -2.20. The molecule has 0 fully saturated rings. The van der Waals surface area contributed by atoms with Crippen molar-refractivity contribution < 1.29 is 9.90 Å². The van der Waals surface area contributed by atoms with Gasteiger partial charge in [-0.2, -0.15) is 0 Å². The first-order chi connectivity index (χ1) is 7.08. The number of fused-ring (bicyclic) bond motifs is 1. The Morgan fingerprint density at radius 3 is 3.00 bits per heavy atom. The summed E-state index contributed by atoms with van der Waals surface area (Å²) in [5.74, 6) is -0.0980. The fraction of sp³-hybridized carbons (Fsp3) is 0.364. The molecule has 0 bridgehead atoms. The van der Waals surface area contributed by atoms with Crippen molar-refractivity contribution in [2.45, 2.75) is 13.2 Å². The van der Waals surface area contributed by atoms with Crippen molar-refractivity contribution in [3.63, 3.8) is 0 Å². The minimum absolute atomic E-state index is 0.0980. The molecule has 1 atom stereocenters. The van der Waals surface area contributed by atoms with Gasteiger partial charge in [0, 0.05) is 11.3 Å². The number of aliphatic hydroxyl groups is 1. The summed E-state index contributed by atoms with van der Waals surface area (Å²) in [7, 11) is 1.72. The topological polar surface area (TPSA) is 52.6 Å². The van der Waals surface area contributed by atoms with Crippen LogP contribution in [0.1, 0.15) is 17.4 Å². The number of benzene rings is 1. The van der Waals surface area contributed by atoms with Crippen LogP contribution in [0.25, 0.3) is 0 Å². The van der Waals surface area contributed by atoms with Crippen LogP contribution in [0.2, 0.25) is 0 Å². The third-order valence-electron chi connectivity index (χ3n) is 2.57. The molecule has 2 rings (SSSR count). The second kappa shape index (κ2) is 3.64. The Balaban J connectivity index is 2.50. The lowest BCUT2D eigenvalue weighted by Crippen LogP contribution is -2.29. The summed E-state index contributed by atoms with van der Waals surface area (Å²) < 4.78 is 0. The van der Waals surface area contributed by atoms with Gasteiger partial charge in [-0.1, -0.05) is 17.7 Å². The van der Waals surface area contributed by atoms with Crippen LogP contribution < -0.4 is 5.32 Å². The highest BCUT2D eigenvalue weighted by Crippen LogP contribution is 2.28. The molecule has 0 aromatic heterocycles. The van der Waals surface area contributed by atoms with E-state index in [0.29, 0.717) is 5.69 Å². The summed E-state index contributed by atoms with van der Waals surface area (Å²) in [6.07, 6.45) is -0.723. The second-order valence-electron chi connectivity index (χ2n) is 3.93. The molecule has 1 aromatic rings. The lowest BCUT2D eigenvalue weighted by atomic mass is 10.1. The number of aryl methyl sites for hydroxylation is 1. The number of hydrogen-bond acceptors (Lipinski definition) is 3. The van der Waals surface area contributed by atoms with Crippen molar-refractivity contribution >= 4 is 11.6 Å². The van der Waals surface area contributed by atoms with Crippen LogP contribution in [-0.2, 0) is 4.79 Å². The number of anilines is 1. The summed E-state index contributed by atoms with van der Waals surface area (Å²) in [5.41, 5.74) is 2.52. The van der Waals surface area contributed by atoms with Crippen LogP contribution in [0.3, 0.4) is 0 Å². The molecule has 80 valence electrons. The van der Waals surface area contributed by atoms with E-state index in [1.165, 1.54) is 0 Å². The standard InChI is InChI=1S/C11H14N2O2/c1-7-3-4-9-8(5-7)11(15)13(2)6-10(14)12-9/h3-5,11,15H,6H2,1-2H3,(H,12,14). The van der Waals surface area contributed by atoms with Gasteiger partial charge >= 0.3 is 0 Å². The van der Waals surface area contributed by atoms with Gasteiger partial charge in [-0.3, -0.25) is 9.69 Å². The maximum absolute atomic E-state index is 11.4. The number of carbonyl (C=O) groups is 1. The van der Waals surface area contributed by atoms with E-state index in [1.54, 1.807) is 11.9 Å². The molecule has 0 spiro atoms. The summed E-state index contributed by atoms with van der Waals surface area (Å²) in [6.45, 7) is 2.16. The Kier molecular flexibility index (Phi) is 2.46. The summed E-state index contributed by atoms with van der Waals surface area (Å²) in [5, 5.41) is 12.8. The predicted molar refractivity (Wildman–Crippen MR) is 57.4 cm³/mol. The molecular formula is C11H14N2O2. The van der Waals surface area contributed by atoms with Crippen LogP contribution in [-0.4, -0.2) is 29.5 Å². The van der Waals surface area contributed by atoms with Crippen molar-refractivity contribution in [2.24, 2.45) is 0 Å². The number of hydrogen-bond donors (Lipinski definition) is 2. The summed E-state index contributed by atoms with van der Waals surface area (Å²) in [6, 6.07) is 5.63. The van der Waals surface area contributed by atoms with E-state index in [0.717, 1.165) is 11.1 Å². The van der Waals surface area contributed by atoms with E-state index in [1.807, 2.05) is 25.1 Å². The van der Waals surface area contributed by atoms with Crippen LogP contribution in [0, 0.1) is 6.92 Å². The Hall–Kier alpha value is -1.39. The van der Waals surface area contributed by atoms with Crippen LogP contribution in [0.15, 0.2) is 18.2 Å². The third kappa shape index (κ3) is 1.86.